The molecule has 0 atom stereocenters. The molecule has 0 spiro atoms. The molecule has 0 radical (unpaired) electrons. The predicted molar refractivity (Wildman–Crippen MR) is 46.3 cm³/mol. The lowest BCUT2D eigenvalue weighted by Crippen LogP contribution is -1.99. The van der Waals surface area contributed by atoms with Gasteiger partial charge in [0.25, 0.3) is 0 Å². The van der Waals surface area contributed by atoms with Gasteiger partial charge in [-0.1, -0.05) is 39.0 Å². The average Bonchev–Trinajstić information content (AvgIpc) is 2.07. The van der Waals surface area contributed by atoms with Gasteiger partial charge >= 0.3 is 0 Å². The lowest BCUT2D eigenvalue weighted by molar-refractivity contribution is 0.0325. The smallest absolute Gasteiger partial charge is 0.143 e. The van der Waals surface area contributed by atoms with Crippen molar-refractivity contribution in [1.82, 2.24) is 0 Å². The van der Waals surface area contributed by atoms with E-state index in [0.29, 0.717) is 0 Å². The van der Waals surface area contributed by atoms with Gasteiger partial charge in [0.15, 0.2) is 0 Å². The lowest BCUT2D eigenvalue weighted by atomic mass is 9.91. The van der Waals surface area contributed by atoms with Gasteiger partial charge in [-0.2, -0.15) is 0 Å². The maximum absolute atomic E-state index is 7.65. The molecule has 1 N–H and O–H groups in total. The maximum atomic E-state index is 7.65. The molecule has 2 nitrogen and oxygen atoms in total. The Bertz CT molecular complexity index is 66.0. The van der Waals surface area contributed by atoms with Crippen LogP contribution in [-0.2, 0) is 4.74 Å². The van der Waals surface area contributed by atoms with Crippen molar-refractivity contribution >= 4 is 0 Å². The Labute approximate surface area is 69.6 Å². The van der Waals surface area contributed by atoms with Crippen LogP contribution in [0.15, 0.2) is 0 Å². The molecule has 0 aromatic heterocycles. The Morgan fingerprint density at radius 3 is 1.91 bits per heavy atom. The summed E-state index contributed by atoms with van der Waals surface area (Å²) in [7, 11) is 1.43. The standard InChI is InChI=1S/C7H14.C2H6O2/c1-7-5-3-2-4-6-7;1-4-2-3/h7H,2-6H2,1H3;3H,2H2,1H3. The topological polar surface area (TPSA) is 29.5 Å². The minimum absolute atomic E-state index is 0.181. The fourth-order valence-electron chi connectivity index (χ4n) is 1.31. The van der Waals surface area contributed by atoms with Crippen LogP contribution in [0, 0.1) is 5.92 Å². The van der Waals surface area contributed by atoms with Crippen LogP contribution >= 0.6 is 0 Å². The van der Waals surface area contributed by atoms with Gasteiger partial charge in [-0.25, -0.2) is 0 Å². The minimum Gasteiger partial charge on any atom is -0.371 e. The van der Waals surface area contributed by atoms with Crippen LogP contribution < -0.4 is 0 Å². The molecule has 0 heterocycles. The van der Waals surface area contributed by atoms with Crippen LogP contribution in [0.2, 0.25) is 0 Å². The first-order valence-electron chi connectivity index (χ1n) is 4.41. The highest BCUT2D eigenvalue weighted by Gasteiger charge is 2.05. The molecule has 0 aromatic rings. The largest absolute Gasteiger partial charge is 0.371 e. The molecule has 0 bridgehead atoms. The molecule has 0 aromatic carbocycles. The third kappa shape index (κ3) is 7.82. The van der Waals surface area contributed by atoms with E-state index in [0.717, 1.165) is 5.92 Å². The third-order valence-electron chi connectivity index (χ3n) is 2.02. The summed E-state index contributed by atoms with van der Waals surface area (Å²) < 4.78 is 4.10. The lowest BCUT2D eigenvalue weighted by Gasteiger charge is -2.15. The van der Waals surface area contributed by atoms with Crippen molar-refractivity contribution in [2.24, 2.45) is 5.92 Å². The summed E-state index contributed by atoms with van der Waals surface area (Å²) in [5.41, 5.74) is 0. The Balaban J connectivity index is 0.000000218. The number of hydrogen-bond acceptors (Lipinski definition) is 2. The summed E-state index contributed by atoms with van der Waals surface area (Å²) in [4.78, 5) is 0. The van der Waals surface area contributed by atoms with E-state index in [1.807, 2.05) is 0 Å². The molecule has 0 aliphatic heterocycles. The van der Waals surface area contributed by atoms with E-state index < -0.39 is 0 Å². The van der Waals surface area contributed by atoms with E-state index in [1.165, 1.54) is 39.2 Å². The van der Waals surface area contributed by atoms with Crippen LogP contribution in [0.25, 0.3) is 0 Å². The SMILES string of the molecule is CC1CCCCC1.COCO. The first kappa shape index (κ1) is 10.9. The Hall–Kier alpha value is -0.0800. The van der Waals surface area contributed by atoms with Crippen LogP contribution in [0.1, 0.15) is 39.0 Å². The number of ether oxygens (including phenoxy) is 1. The zero-order valence-electron chi connectivity index (χ0n) is 7.68. The van der Waals surface area contributed by atoms with Crippen molar-refractivity contribution in [1.29, 1.82) is 0 Å². The van der Waals surface area contributed by atoms with Crippen molar-refractivity contribution in [3.63, 3.8) is 0 Å². The first-order chi connectivity index (χ1) is 5.31. The fraction of sp³-hybridized carbons (Fsp3) is 1.00. The van der Waals surface area contributed by atoms with Gasteiger partial charge in [-0.15, -0.1) is 0 Å². The summed E-state index contributed by atoms with van der Waals surface area (Å²) >= 11 is 0. The third-order valence-corrected chi connectivity index (χ3v) is 2.02. The molecule has 2 heteroatoms. The van der Waals surface area contributed by atoms with Crippen LogP contribution in [-0.4, -0.2) is 19.0 Å². The van der Waals surface area contributed by atoms with Crippen LogP contribution in [0.5, 0.6) is 0 Å². The molecule has 1 aliphatic rings. The molecule has 1 fully saturated rings. The normalized spacial score (nSPS) is 18.8. The molecule has 1 rings (SSSR count). The van der Waals surface area contributed by atoms with Gasteiger partial charge in [0, 0.05) is 7.11 Å². The number of rotatable bonds is 1. The Morgan fingerprint density at radius 2 is 1.73 bits per heavy atom. The van der Waals surface area contributed by atoms with Gasteiger partial charge in [0.1, 0.15) is 6.79 Å². The summed E-state index contributed by atoms with van der Waals surface area (Å²) in [6, 6.07) is 0. The summed E-state index contributed by atoms with van der Waals surface area (Å²) in [6.07, 6.45) is 7.44. The summed E-state index contributed by atoms with van der Waals surface area (Å²) in [5, 5.41) is 7.65. The van der Waals surface area contributed by atoms with Crippen LogP contribution in [0.3, 0.4) is 0 Å². The second-order valence-electron chi connectivity index (χ2n) is 3.16. The highest BCUT2D eigenvalue weighted by molar-refractivity contribution is 4.59. The zero-order chi connectivity index (χ0) is 8.53. The quantitative estimate of drug-likeness (QED) is 0.596. The van der Waals surface area contributed by atoms with Crippen molar-refractivity contribution in [2.75, 3.05) is 13.9 Å². The van der Waals surface area contributed by atoms with Crippen molar-refractivity contribution in [2.45, 2.75) is 39.0 Å². The molecule has 1 saturated carbocycles. The molecule has 0 amide bonds. The highest BCUT2D eigenvalue weighted by atomic mass is 16.6. The fourth-order valence-corrected chi connectivity index (χ4v) is 1.31. The van der Waals surface area contributed by atoms with Gasteiger partial charge in [0.05, 0.1) is 0 Å². The van der Waals surface area contributed by atoms with Gasteiger partial charge in [-0.3, -0.25) is 0 Å². The van der Waals surface area contributed by atoms with Crippen LogP contribution in [0.4, 0.5) is 0 Å². The second-order valence-corrected chi connectivity index (χ2v) is 3.16. The number of aliphatic hydroxyl groups excluding tert-OH is 1. The first-order valence-corrected chi connectivity index (χ1v) is 4.41. The van der Waals surface area contributed by atoms with Crippen molar-refractivity contribution in [3.8, 4) is 0 Å². The highest BCUT2D eigenvalue weighted by Crippen LogP contribution is 2.21. The monoisotopic (exact) mass is 160 g/mol. The Morgan fingerprint density at radius 1 is 1.27 bits per heavy atom. The van der Waals surface area contributed by atoms with E-state index in [-0.39, 0.29) is 6.79 Å². The van der Waals surface area contributed by atoms with E-state index in [2.05, 4.69) is 11.7 Å². The van der Waals surface area contributed by atoms with Gasteiger partial charge < -0.3 is 9.84 Å². The second kappa shape index (κ2) is 8.02. The van der Waals surface area contributed by atoms with Crippen molar-refractivity contribution < 1.29 is 9.84 Å². The minimum atomic E-state index is -0.181. The molecular weight excluding hydrogens is 140 g/mol. The van der Waals surface area contributed by atoms with E-state index in [1.54, 1.807) is 0 Å². The predicted octanol–water partition coefficient (Wildman–Crippen LogP) is 2.17. The molecule has 1 aliphatic carbocycles. The Kier molecular flexibility index (Phi) is 7.96. The molecule has 0 unspecified atom stereocenters. The van der Waals surface area contributed by atoms with Crippen molar-refractivity contribution in [3.05, 3.63) is 0 Å². The summed E-state index contributed by atoms with van der Waals surface area (Å²) in [5.74, 6) is 1.04. The van der Waals surface area contributed by atoms with E-state index in [4.69, 9.17) is 5.11 Å². The number of methoxy groups -OCH3 is 1. The molecular formula is C9H20O2. The maximum Gasteiger partial charge on any atom is 0.143 e. The number of aliphatic hydroxyl groups is 1. The molecule has 68 valence electrons. The average molecular weight is 160 g/mol. The van der Waals surface area contributed by atoms with E-state index in [9.17, 15) is 0 Å². The van der Waals surface area contributed by atoms with E-state index >= 15 is 0 Å². The molecule has 11 heavy (non-hydrogen) atoms. The van der Waals surface area contributed by atoms with Gasteiger partial charge in [-0.05, 0) is 5.92 Å². The zero-order valence-corrected chi connectivity index (χ0v) is 7.68. The summed E-state index contributed by atoms with van der Waals surface area (Å²) in [6.45, 7) is 2.18. The van der Waals surface area contributed by atoms with Gasteiger partial charge in [0.2, 0.25) is 0 Å². The number of hydrogen-bond donors (Lipinski definition) is 1. The molecule has 0 saturated heterocycles.